The monoisotopic (exact) mass is 466 g/mol. The van der Waals surface area contributed by atoms with Gasteiger partial charge in [0.05, 0.1) is 13.0 Å². The number of alkyl carbamates (subject to hydrolysis) is 1. The minimum atomic E-state index is -0.949. The van der Waals surface area contributed by atoms with E-state index in [1.165, 1.54) is 7.11 Å². The summed E-state index contributed by atoms with van der Waals surface area (Å²) in [6.07, 6.45) is 1.48. The first-order chi connectivity index (χ1) is 16.5. The van der Waals surface area contributed by atoms with Gasteiger partial charge >= 0.3 is 12.1 Å². The molecule has 1 unspecified atom stereocenters. The lowest BCUT2D eigenvalue weighted by molar-refractivity contribution is -0.143. The third-order valence-electron chi connectivity index (χ3n) is 6.59. The number of rotatable bonds is 8. The third-order valence-corrected chi connectivity index (χ3v) is 6.59. The fourth-order valence-corrected chi connectivity index (χ4v) is 5.03. The summed E-state index contributed by atoms with van der Waals surface area (Å²) in [5.41, 5.74) is 4.47. The molecule has 0 saturated carbocycles. The number of nitrogens with zero attached hydrogens (tertiary/aromatic N) is 1. The van der Waals surface area contributed by atoms with E-state index in [2.05, 4.69) is 17.4 Å². The predicted molar refractivity (Wildman–Crippen MR) is 125 cm³/mol. The molecule has 2 aromatic rings. The maximum atomic E-state index is 13.2. The number of carboxylic acids is 1. The molecule has 2 aliphatic rings. The van der Waals surface area contributed by atoms with Crippen LogP contribution in [0.1, 0.15) is 42.7 Å². The molecule has 1 aliphatic carbocycles. The Kier molecular flexibility index (Phi) is 7.47. The van der Waals surface area contributed by atoms with Crippen molar-refractivity contribution in [3.05, 3.63) is 59.7 Å². The molecule has 180 valence electrons. The summed E-state index contributed by atoms with van der Waals surface area (Å²) >= 11 is 0. The summed E-state index contributed by atoms with van der Waals surface area (Å²) < 4.78 is 10.7. The zero-order valence-electron chi connectivity index (χ0n) is 19.2. The number of ether oxygens (including phenoxy) is 2. The van der Waals surface area contributed by atoms with Gasteiger partial charge in [0.15, 0.2) is 0 Å². The largest absolute Gasteiger partial charge is 0.481 e. The predicted octanol–water partition coefficient (Wildman–Crippen LogP) is 3.40. The van der Waals surface area contributed by atoms with Crippen molar-refractivity contribution in [3.63, 3.8) is 0 Å². The summed E-state index contributed by atoms with van der Waals surface area (Å²) in [6, 6.07) is 14.8. The van der Waals surface area contributed by atoms with Crippen molar-refractivity contribution in [1.29, 1.82) is 0 Å². The standard InChI is InChI=1S/C26H30N2O6/c1-33-16-23(25(31)28-13-7-6-8-17(28)14-24(29)30)27-26(32)34-15-22-20-11-4-2-9-18(20)19-10-3-5-12-21(19)22/h2-5,9-12,17,22-23H,6-8,13-16H2,1H3,(H,27,32)(H,29,30)/t17?,23-/m0/s1. The Balaban J connectivity index is 1.42. The Morgan fingerprint density at radius 3 is 2.32 bits per heavy atom. The van der Waals surface area contributed by atoms with E-state index in [4.69, 9.17) is 9.47 Å². The maximum Gasteiger partial charge on any atom is 0.407 e. The minimum Gasteiger partial charge on any atom is -0.481 e. The number of nitrogens with one attached hydrogen (secondary N) is 1. The van der Waals surface area contributed by atoms with Crippen molar-refractivity contribution < 1.29 is 29.0 Å². The van der Waals surface area contributed by atoms with Crippen LogP contribution < -0.4 is 5.32 Å². The third kappa shape index (κ3) is 5.07. The van der Waals surface area contributed by atoms with E-state index in [0.29, 0.717) is 13.0 Å². The van der Waals surface area contributed by atoms with Gasteiger partial charge in [-0.1, -0.05) is 48.5 Å². The van der Waals surface area contributed by atoms with Gasteiger partial charge in [-0.15, -0.1) is 0 Å². The highest BCUT2D eigenvalue weighted by Gasteiger charge is 2.34. The number of carbonyl (C=O) groups is 3. The van der Waals surface area contributed by atoms with Crippen molar-refractivity contribution >= 4 is 18.0 Å². The van der Waals surface area contributed by atoms with E-state index in [9.17, 15) is 19.5 Å². The summed E-state index contributed by atoms with van der Waals surface area (Å²) in [4.78, 5) is 38.7. The van der Waals surface area contributed by atoms with Crippen LogP contribution >= 0.6 is 0 Å². The number of aliphatic carboxylic acids is 1. The van der Waals surface area contributed by atoms with Crippen molar-refractivity contribution in [3.8, 4) is 11.1 Å². The number of piperidine rings is 1. The molecule has 0 bridgehead atoms. The van der Waals surface area contributed by atoms with E-state index >= 15 is 0 Å². The van der Waals surface area contributed by atoms with Gasteiger partial charge in [-0.25, -0.2) is 4.79 Å². The number of methoxy groups -OCH3 is 1. The summed E-state index contributed by atoms with van der Waals surface area (Å²) in [5, 5.41) is 11.8. The van der Waals surface area contributed by atoms with Crippen LogP contribution in [0.4, 0.5) is 4.79 Å². The van der Waals surface area contributed by atoms with Crippen LogP contribution in [0.5, 0.6) is 0 Å². The molecule has 2 amide bonds. The van der Waals surface area contributed by atoms with Gasteiger partial charge in [-0.05, 0) is 41.5 Å². The second-order valence-corrected chi connectivity index (χ2v) is 8.76. The average Bonchev–Trinajstić information content (AvgIpc) is 3.16. The van der Waals surface area contributed by atoms with Gasteiger partial charge in [0.2, 0.25) is 5.91 Å². The Labute approximate surface area is 198 Å². The molecule has 8 nitrogen and oxygen atoms in total. The maximum absolute atomic E-state index is 13.2. The van der Waals surface area contributed by atoms with Crippen molar-refractivity contribution in [2.45, 2.75) is 43.7 Å². The lowest BCUT2D eigenvalue weighted by Crippen LogP contribution is -2.55. The molecule has 34 heavy (non-hydrogen) atoms. The summed E-state index contributed by atoms with van der Waals surface area (Å²) in [5.74, 6) is -1.38. The van der Waals surface area contributed by atoms with Crippen LogP contribution in [-0.2, 0) is 19.1 Å². The Hall–Kier alpha value is -3.39. The molecule has 1 fully saturated rings. The zero-order chi connectivity index (χ0) is 24.1. The normalized spacial score (nSPS) is 18.0. The average molecular weight is 467 g/mol. The number of benzene rings is 2. The van der Waals surface area contributed by atoms with Crippen LogP contribution in [0, 0.1) is 0 Å². The van der Waals surface area contributed by atoms with Crippen LogP contribution in [0.25, 0.3) is 11.1 Å². The molecule has 1 saturated heterocycles. The highest BCUT2D eigenvalue weighted by molar-refractivity contribution is 5.86. The number of hydrogen-bond acceptors (Lipinski definition) is 5. The number of fused-ring (bicyclic) bond motifs is 3. The first kappa shape index (κ1) is 23.8. The quantitative estimate of drug-likeness (QED) is 0.618. The number of carboxylic acid groups (broad SMARTS) is 1. The lowest BCUT2D eigenvalue weighted by Gasteiger charge is -2.37. The highest BCUT2D eigenvalue weighted by Crippen LogP contribution is 2.44. The molecule has 8 heteroatoms. The van der Waals surface area contributed by atoms with Crippen molar-refractivity contribution in [1.82, 2.24) is 10.2 Å². The zero-order valence-corrected chi connectivity index (χ0v) is 19.2. The summed E-state index contributed by atoms with van der Waals surface area (Å²) in [6.45, 7) is 0.571. The minimum absolute atomic E-state index is 0.0285. The molecule has 1 heterocycles. The number of likely N-dealkylation sites (tertiary alicyclic amines) is 1. The molecule has 2 atom stereocenters. The molecule has 2 N–H and O–H groups in total. The summed E-state index contributed by atoms with van der Waals surface area (Å²) in [7, 11) is 1.45. The van der Waals surface area contributed by atoms with E-state index in [-0.39, 0.29) is 37.5 Å². The first-order valence-corrected chi connectivity index (χ1v) is 11.6. The molecule has 1 aliphatic heterocycles. The van der Waals surface area contributed by atoms with Gasteiger partial charge in [0, 0.05) is 25.6 Å². The van der Waals surface area contributed by atoms with Gasteiger partial charge in [-0.2, -0.15) is 0 Å². The molecule has 0 radical (unpaired) electrons. The SMILES string of the molecule is COC[C@H](NC(=O)OCC1c2ccccc2-c2ccccc21)C(=O)N1CCCCC1CC(=O)O. The smallest absolute Gasteiger partial charge is 0.407 e. The Morgan fingerprint density at radius 2 is 1.71 bits per heavy atom. The molecular formula is C26H30N2O6. The first-order valence-electron chi connectivity index (χ1n) is 11.6. The van der Waals surface area contributed by atoms with E-state index in [1.807, 2.05) is 36.4 Å². The van der Waals surface area contributed by atoms with E-state index < -0.39 is 18.1 Å². The van der Waals surface area contributed by atoms with Crippen LogP contribution in [0.15, 0.2) is 48.5 Å². The molecule has 0 spiro atoms. The van der Waals surface area contributed by atoms with Gasteiger partial charge in [0.1, 0.15) is 12.6 Å². The van der Waals surface area contributed by atoms with Crippen LogP contribution in [0.3, 0.4) is 0 Å². The van der Waals surface area contributed by atoms with Crippen LogP contribution in [0.2, 0.25) is 0 Å². The van der Waals surface area contributed by atoms with Gasteiger partial charge < -0.3 is 24.8 Å². The topological polar surface area (TPSA) is 105 Å². The van der Waals surface area contributed by atoms with Crippen LogP contribution in [-0.4, -0.2) is 66.9 Å². The molecular weight excluding hydrogens is 436 g/mol. The second kappa shape index (κ2) is 10.7. The van der Waals surface area contributed by atoms with Gasteiger partial charge in [0.25, 0.3) is 0 Å². The number of carbonyl (C=O) groups excluding carboxylic acids is 2. The molecule has 0 aromatic heterocycles. The molecule has 4 rings (SSSR count). The number of amides is 2. The lowest BCUT2D eigenvalue weighted by atomic mass is 9.98. The Bertz CT molecular complexity index is 1010. The second-order valence-electron chi connectivity index (χ2n) is 8.76. The molecule has 2 aromatic carbocycles. The van der Waals surface area contributed by atoms with E-state index in [0.717, 1.165) is 35.1 Å². The van der Waals surface area contributed by atoms with Crippen molar-refractivity contribution in [2.24, 2.45) is 0 Å². The van der Waals surface area contributed by atoms with E-state index in [1.54, 1.807) is 4.90 Å². The fraction of sp³-hybridized carbons (Fsp3) is 0.423. The fourth-order valence-electron chi connectivity index (χ4n) is 5.03. The van der Waals surface area contributed by atoms with Gasteiger partial charge in [-0.3, -0.25) is 9.59 Å². The van der Waals surface area contributed by atoms with Crippen molar-refractivity contribution in [2.75, 3.05) is 26.9 Å². The number of hydrogen-bond donors (Lipinski definition) is 2. The highest BCUT2D eigenvalue weighted by atomic mass is 16.5. The Morgan fingerprint density at radius 1 is 1.06 bits per heavy atom.